The zero-order valence-corrected chi connectivity index (χ0v) is 11.6. The van der Waals surface area contributed by atoms with Crippen LogP contribution in [0.1, 0.15) is 18.9 Å². The number of hydrogen-bond donors (Lipinski definition) is 2. The molecule has 0 saturated heterocycles. The number of aliphatic hydroxyl groups is 1. The highest BCUT2D eigenvalue weighted by Crippen LogP contribution is 2.24. The molecule has 19 heavy (non-hydrogen) atoms. The molecule has 5 nitrogen and oxygen atoms in total. The van der Waals surface area contributed by atoms with E-state index in [2.05, 4.69) is 5.32 Å². The summed E-state index contributed by atoms with van der Waals surface area (Å²) in [5.74, 6) is 1.17. The average molecular weight is 267 g/mol. The normalized spacial score (nSPS) is 11.8. The van der Waals surface area contributed by atoms with Crippen LogP contribution in [0.25, 0.3) is 0 Å². The fraction of sp³-hybridized carbons (Fsp3) is 0.500. The number of carbonyl (C=O) groups excluding carboxylic acids is 1. The van der Waals surface area contributed by atoms with Crippen molar-refractivity contribution in [2.45, 2.75) is 25.8 Å². The van der Waals surface area contributed by atoms with E-state index in [-0.39, 0.29) is 25.0 Å². The second-order valence-corrected chi connectivity index (χ2v) is 4.21. The molecule has 0 saturated carbocycles. The van der Waals surface area contributed by atoms with Crippen LogP contribution in [0.15, 0.2) is 18.2 Å². The predicted molar refractivity (Wildman–Crippen MR) is 72.6 cm³/mol. The zero-order chi connectivity index (χ0) is 14.3. The van der Waals surface area contributed by atoms with Gasteiger partial charge in [0.25, 0.3) is 0 Å². The van der Waals surface area contributed by atoms with E-state index in [1.54, 1.807) is 32.4 Å². The van der Waals surface area contributed by atoms with Gasteiger partial charge in [-0.3, -0.25) is 4.79 Å². The van der Waals surface area contributed by atoms with E-state index in [0.717, 1.165) is 5.56 Å². The maximum Gasteiger partial charge on any atom is 0.224 e. The highest BCUT2D eigenvalue weighted by Gasteiger charge is 2.13. The first-order valence-corrected chi connectivity index (χ1v) is 6.25. The van der Waals surface area contributed by atoms with Crippen LogP contribution in [0, 0.1) is 0 Å². The number of carbonyl (C=O) groups is 1. The molecule has 0 bridgehead atoms. The molecule has 1 rings (SSSR count). The van der Waals surface area contributed by atoms with Gasteiger partial charge in [0.1, 0.15) is 11.5 Å². The number of hydrogen-bond acceptors (Lipinski definition) is 4. The third-order valence-corrected chi connectivity index (χ3v) is 2.92. The summed E-state index contributed by atoms with van der Waals surface area (Å²) in [5.41, 5.74) is 0.786. The summed E-state index contributed by atoms with van der Waals surface area (Å²) < 4.78 is 10.3. The molecule has 1 atom stereocenters. The summed E-state index contributed by atoms with van der Waals surface area (Å²) in [6.45, 7) is 1.86. The van der Waals surface area contributed by atoms with Crippen molar-refractivity contribution in [3.8, 4) is 11.5 Å². The van der Waals surface area contributed by atoms with Crippen molar-refractivity contribution in [3.63, 3.8) is 0 Å². The van der Waals surface area contributed by atoms with Crippen molar-refractivity contribution in [2.75, 3.05) is 20.8 Å². The van der Waals surface area contributed by atoms with Crippen molar-refractivity contribution in [3.05, 3.63) is 23.8 Å². The Kier molecular flexibility index (Phi) is 6.15. The Morgan fingerprint density at radius 2 is 2.11 bits per heavy atom. The number of rotatable bonds is 7. The predicted octanol–water partition coefficient (Wildman–Crippen LogP) is 1.13. The van der Waals surface area contributed by atoms with Gasteiger partial charge in [-0.2, -0.15) is 0 Å². The fourth-order valence-electron chi connectivity index (χ4n) is 1.73. The molecule has 2 N–H and O–H groups in total. The maximum atomic E-state index is 11.9. The molecule has 5 heteroatoms. The Hall–Kier alpha value is -1.75. The van der Waals surface area contributed by atoms with Gasteiger partial charge in [-0.05, 0) is 12.5 Å². The molecule has 1 aromatic rings. The van der Waals surface area contributed by atoms with Crippen molar-refractivity contribution in [1.82, 2.24) is 5.32 Å². The van der Waals surface area contributed by atoms with Crippen molar-refractivity contribution >= 4 is 5.91 Å². The third-order valence-electron chi connectivity index (χ3n) is 2.92. The first-order chi connectivity index (χ1) is 9.14. The number of ether oxygens (including phenoxy) is 2. The Labute approximate surface area is 113 Å². The van der Waals surface area contributed by atoms with E-state index >= 15 is 0 Å². The van der Waals surface area contributed by atoms with Crippen LogP contribution >= 0.6 is 0 Å². The summed E-state index contributed by atoms with van der Waals surface area (Å²) in [6, 6.07) is 5.13. The standard InChI is InChI=1S/C14H21NO4/c1-4-11(9-16)15-14(17)7-10-5-6-12(18-2)8-13(10)19-3/h5-6,8,11,16H,4,7,9H2,1-3H3,(H,15,17). The monoisotopic (exact) mass is 267 g/mol. The lowest BCUT2D eigenvalue weighted by atomic mass is 10.1. The van der Waals surface area contributed by atoms with Crippen LogP contribution in [0.3, 0.4) is 0 Å². The van der Waals surface area contributed by atoms with E-state index in [4.69, 9.17) is 14.6 Å². The van der Waals surface area contributed by atoms with E-state index < -0.39 is 0 Å². The van der Waals surface area contributed by atoms with Gasteiger partial charge in [0.2, 0.25) is 5.91 Å². The lowest BCUT2D eigenvalue weighted by Crippen LogP contribution is -2.37. The van der Waals surface area contributed by atoms with Gasteiger partial charge < -0.3 is 19.9 Å². The molecule has 0 radical (unpaired) electrons. The molecule has 1 unspecified atom stereocenters. The minimum absolute atomic E-state index is 0.0536. The first-order valence-electron chi connectivity index (χ1n) is 6.25. The van der Waals surface area contributed by atoms with E-state index in [9.17, 15) is 4.79 Å². The molecule has 106 valence electrons. The van der Waals surface area contributed by atoms with Crippen molar-refractivity contribution in [1.29, 1.82) is 0 Å². The number of amides is 1. The molecule has 0 aliphatic carbocycles. The summed E-state index contributed by atoms with van der Waals surface area (Å²) in [4.78, 5) is 11.9. The summed E-state index contributed by atoms with van der Waals surface area (Å²) in [7, 11) is 3.13. The largest absolute Gasteiger partial charge is 0.497 e. The van der Waals surface area contributed by atoms with Crippen LogP contribution in [0.5, 0.6) is 11.5 Å². The molecular weight excluding hydrogens is 246 g/mol. The highest BCUT2D eigenvalue weighted by molar-refractivity contribution is 5.79. The SMILES string of the molecule is CCC(CO)NC(=O)Cc1ccc(OC)cc1OC. The molecule has 0 fully saturated rings. The molecular formula is C14H21NO4. The minimum Gasteiger partial charge on any atom is -0.497 e. The van der Waals surface area contributed by atoms with Gasteiger partial charge in [-0.25, -0.2) is 0 Å². The van der Waals surface area contributed by atoms with Crippen LogP contribution in [0.4, 0.5) is 0 Å². The summed E-state index contributed by atoms with van der Waals surface area (Å²) in [6.07, 6.45) is 0.908. The zero-order valence-electron chi connectivity index (χ0n) is 11.6. The van der Waals surface area contributed by atoms with Crippen molar-refractivity contribution < 1.29 is 19.4 Å². The maximum absolute atomic E-state index is 11.9. The molecule has 0 spiro atoms. The van der Waals surface area contributed by atoms with Crippen LogP contribution in [-0.2, 0) is 11.2 Å². The van der Waals surface area contributed by atoms with Crippen molar-refractivity contribution in [2.24, 2.45) is 0 Å². The number of methoxy groups -OCH3 is 2. The molecule has 1 amide bonds. The number of benzene rings is 1. The molecule has 0 aliphatic heterocycles. The lowest BCUT2D eigenvalue weighted by Gasteiger charge is -2.15. The topological polar surface area (TPSA) is 67.8 Å². The smallest absolute Gasteiger partial charge is 0.224 e. The third kappa shape index (κ3) is 4.44. The van der Waals surface area contributed by atoms with E-state index in [0.29, 0.717) is 17.9 Å². The van der Waals surface area contributed by atoms with E-state index in [1.165, 1.54) is 0 Å². The molecule has 0 heterocycles. The van der Waals surface area contributed by atoms with E-state index in [1.807, 2.05) is 6.92 Å². The summed E-state index contributed by atoms with van der Waals surface area (Å²) in [5, 5.41) is 11.8. The Morgan fingerprint density at radius 1 is 1.37 bits per heavy atom. The number of nitrogens with one attached hydrogen (secondary N) is 1. The van der Waals surface area contributed by atoms with Crippen LogP contribution in [-0.4, -0.2) is 37.9 Å². The molecule has 0 aromatic heterocycles. The van der Waals surface area contributed by atoms with Gasteiger partial charge in [-0.15, -0.1) is 0 Å². The quantitative estimate of drug-likeness (QED) is 0.777. The number of aliphatic hydroxyl groups excluding tert-OH is 1. The van der Waals surface area contributed by atoms with Gasteiger partial charge in [0.05, 0.1) is 33.3 Å². The average Bonchev–Trinajstić information content (AvgIpc) is 2.45. The lowest BCUT2D eigenvalue weighted by molar-refractivity contribution is -0.121. The fourth-order valence-corrected chi connectivity index (χ4v) is 1.73. The van der Waals surface area contributed by atoms with Gasteiger partial charge >= 0.3 is 0 Å². The summed E-state index contributed by atoms with van der Waals surface area (Å²) >= 11 is 0. The first kappa shape index (κ1) is 15.3. The molecule has 1 aromatic carbocycles. The van der Waals surface area contributed by atoms with Crippen LogP contribution in [0.2, 0.25) is 0 Å². The Bertz CT molecular complexity index is 416. The van der Waals surface area contributed by atoms with Gasteiger partial charge in [-0.1, -0.05) is 13.0 Å². The Morgan fingerprint density at radius 3 is 2.63 bits per heavy atom. The highest BCUT2D eigenvalue weighted by atomic mass is 16.5. The Balaban J connectivity index is 2.73. The second-order valence-electron chi connectivity index (χ2n) is 4.21. The molecule has 0 aliphatic rings. The second kappa shape index (κ2) is 7.63. The minimum atomic E-state index is -0.197. The van der Waals surface area contributed by atoms with Gasteiger partial charge in [0.15, 0.2) is 0 Å². The van der Waals surface area contributed by atoms with Crippen LogP contribution < -0.4 is 14.8 Å². The van der Waals surface area contributed by atoms with Gasteiger partial charge in [0, 0.05) is 11.6 Å².